The van der Waals surface area contributed by atoms with E-state index in [1.165, 1.54) is 17.3 Å². The Bertz CT molecular complexity index is 804. The Morgan fingerprint density at radius 1 is 1.12 bits per heavy atom. The summed E-state index contributed by atoms with van der Waals surface area (Å²) in [6.45, 7) is 5.50. The third-order valence-electron chi connectivity index (χ3n) is 4.34. The first-order chi connectivity index (χ1) is 12.6. The summed E-state index contributed by atoms with van der Waals surface area (Å²) in [4.78, 5) is 27.8. The number of para-hydroxylation sites is 1. The molecule has 0 fully saturated rings. The summed E-state index contributed by atoms with van der Waals surface area (Å²) in [5, 5.41) is 2.95. The van der Waals surface area contributed by atoms with E-state index in [-0.39, 0.29) is 11.8 Å². The van der Waals surface area contributed by atoms with E-state index in [1.54, 1.807) is 0 Å². The van der Waals surface area contributed by atoms with Crippen LogP contribution in [0.3, 0.4) is 0 Å². The molecule has 1 aliphatic heterocycles. The van der Waals surface area contributed by atoms with Gasteiger partial charge in [0.05, 0.1) is 11.3 Å². The standard InChI is InChI=1S/C21H24N2O2S/c1-15(2)13-22-21(25)17-8-4-6-10-19(17)26-14-20(24)23-12-11-16-7-3-5-9-18(16)23/h3-10,15H,11-14H2,1-2H3,(H,22,25). The molecule has 2 aromatic carbocycles. The lowest BCUT2D eigenvalue weighted by Gasteiger charge is -2.17. The van der Waals surface area contributed by atoms with Crippen molar-refractivity contribution in [3.63, 3.8) is 0 Å². The predicted molar refractivity (Wildman–Crippen MR) is 107 cm³/mol. The van der Waals surface area contributed by atoms with Crippen molar-refractivity contribution in [2.75, 3.05) is 23.7 Å². The van der Waals surface area contributed by atoms with Crippen molar-refractivity contribution in [1.82, 2.24) is 5.32 Å². The van der Waals surface area contributed by atoms with Gasteiger partial charge < -0.3 is 10.2 Å². The molecule has 3 rings (SSSR count). The molecule has 0 unspecified atom stereocenters. The van der Waals surface area contributed by atoms with Gasteiger partial charge >= 0.3 is 0 Å². The summed E-state index contributed by atoms with van der Waals surface area (Å²) in [7, 11) is 0. The monoisotopic (exact) mass is 368 g/mol. The number of nitrogens with zero attached hydrogens (tertiary/aromatic N) is 1. The van der Waals surface area contributed by atoms with Gasteiger partial charge in [0.1, 0.15) is 0 Å². The van der Waals surface area contributed by atoms with Gasteiger partial charge in [-0.15, -0.1) is 11.8 Å². The first kappa shape index (κ1) is 18.5. The van der Waals surface area contributed by atoms with Gasteiger partial charge in [0.15, 0.2) is 0 Å². The number of thioether (sulfide) groups is 1. The van der Waals surface area contributed by atoms with Crippen LogP contribution in [-0.4, -0.2) is 30.7 Å². The maximum absolute atomic E-state index is 12.7. The number of rotatable bonds is 6. The van der Waals surface area contributed by atoms with E-state index in [0.717, 1.165) is 23.5 Å². The number of carbonyl (C=O) groups excluding carboxylic acids is 2. The van der Waals surface area contributed by atoms with Crippen LogP contribution in [-0.2, 0) is 11.2 Å². The van der Waals surface area contributed by atoms with Gasteiger partial charge in [-0.05, 0) is 36.1 Å². The minimum absolute atomic E-state index is 0.0809. The third-order valence-corrected chi connectivity index (χ3v) is 5.40. The first-order valence-corrected chi connectivity index (χ1v) is 9.93. The second-order valence-corrected chi connectivity index (χ2v) is 7.83. The zero-order valence-electron chi connectivity index (χ0n) is 15.2. The highest BCUT2D eigenvalue weighted by atomic mass is 32.2. The van der Waals surface area contributed by atoms with Crippen LogP contribution in [0.5, 0.6) is 0 Å². The van der Waals surface area contributed by atoms with Crippen LogP contribution in [0.25, 0.3) is 0 Å². The third kappa shape index (κ3) is 4.28. The Morgan fingerprint density at radius 2 is 1.85 bits per heavy atom. The maximum Gasteiger partial charge on any atom is 0.252 e. The van der Waals surface area contributed by atoms with Crippen LogP contribution in [0, 0.1) is 5.92 Å². The number of carbonyl (C=O) groups is 2. The quantitative estimate of drug-likeness (QED) is 0.790. The average Bonchev–Trinajstić information content (AvgIpc) is 3.08. The van der Waals surface area contributed by atoms with Crippen molar-refractivity contribution in [1.29, 1.82) is 0 Å². The molecule has 5 heteroatoms. The van der Waals surface area contributed by atoms with Gasteiger partial charge in [-0.1, -0.05) is 44.2 Å². The Balaban J connectivity index is 1.65. The van der Waals surface area contributed by atoms with Gasteiger partial charge in [-0.3, -0.25) is 9.59 Å². The van der Waals surface area contributed by atoms with Crippen molar-refractivity contribution < 1.29 is 9.59 Å². The maximum atomic E-state index is 12.7. The molecule has 0 aromatic heterocycles. The second-order valence-electron chi connectivity index (χ2n) is 6.81. The summed E-state index contributed by atoms with van der Waals surface area (Å²) in [6.07, 6.45) is 0.904. The van der Waals surface area contributed by atoms with Gasteiger partial charge in [-0.25, -0.2) is 0 Å². The van der Waals surface area contributed by atoms with Crippen LogP contribution in [0.1, 0.15) is 29.8 Å². The van der Waals surface area contributed by atoms with Crippen LogP contribution < -0.4 is 10.2 Å². The SMILES string of the molecule is CC(C)CNC(=O)c1ccccc1SCC(=O)N1CCc2ccccc21. The first-order valence-electron chi connectivity index (χ1n) is 8.94. The van der Waals surface area contributed by atoms with Gasteiger partial charge in [-0.2, -0.15) is 0 Å². The van der Waals surface area contributed by atoms with Crippen LogP contribution >= 0.6 is 11.8 Å². The van der Waals surface area contributed by atoms with Gasteiger partial charge in [0, 0.05) is 23.7 Å². The van der Waals surface area contributed by atoms with E-state index in [9.17, 15) is 9.59 Å². The lowest BCUT2D eigenvalue weighted by Crippen LogP contribution is -2.30. The van der Waals surface area contributed by atoms with Crippen molar-refractivity contribution >= 4 is 29.3 Å². The highest BCUT2D eigenvalue weighted by Crippen LogP contribution is 2.29. The summed E-state index contributed by atoms with van der Waals surface area (Å²) >= 11 is 1.43. The molecule has 0 saturated heterocycles. The fourth-order valence-electron chi connectivity index (χ4n) is 2.99. The van der Waals surface area contributed by atoms with Crippen molar-refractivity contribution in [2.45, 2.75) is 25.2 Å². The lowest BCUT2D eigenvalue weighted by atomic mass is 10.2. The Kier molecular flexibility index (Phi) is 5.99. The molecular formula is C21H24N2O2S. The number of hydrogen-bond donors (Lipinski definition) is 1. The summed E-state index contributed by atoms with van der Waals surface area (Å²) < 4.78 is 0. The molecular weight excluding hydrogens is 344 g/mol. The Morgan fingerprint density at radius 3 is 2.65 bits per heavy atom. The summed E-state index contributed by atoms with van der Waals surface area (Å²) in [6, 6.07) is 15.5. The fraction of sp³-hybridized carbons (Fsp3) is 0.333. The molecule has 2 aromatic rings. The molecule has 26 heavy (non-hydrogen) atoms. The molecule has 0 bridgehead atoms. The van der Waals surface area contributed by atoms with Crippen molar-refractivity contribution in [3.8, 4) is 0 Å². The topological polar surface area (TPSA) is 49.4 Å². The highest BCUT2D eigenvalue weighted by molar-refractivity contribution is 8.00. The van der Waals surface area contributed by atoms with E-state index >= 15 is 0 Å². The van der Waals surface area contributed by atoms with E-state index in [1.807, 2.05) is 47.4 Å². The fourth-order valence-corrected chi connectivity index (χ4v) is 3.91. The minimum atomic E-state index is -0.0826. The molecule has 0 saturated carbocycles. The van der Waals surface area contributed by atoms with Crippen molar-refractivity contribution in [2.24, 2.45) is 5.92 Å². The molecule has 1 aliphatic rings. The number of amides is 2. The molecule has 0 aliphatic carbocycles. The Labute approximate surface area is 159 Å². The van der Waals surface area contributed by atoms with E-state index in [0.29, 0.717) is 23.8 Å². The molecule has 0 spiro atoms. The van der Waals surface area contributed by atoms with Gasteiger partial charge in [0.2, 0.25) is 5.91 Å². The van der Waals surface area contributed by atoms with Gasteiger partial charge in [0.25, 0.3) is 5.91 Å². The number of fused-ring (bicyclic) bond motifs is 1. The number of nitrogens with one attached hydrogen (secondary N) is 1. The lowest BCUT2D eigenvalue weighted by molar-refractivity contribution is -0.116. The summed E-state index contributed by atoms with van der Waals surface area (Å²) in [5.41, 5.74) is 2.87. The largest absolute Gasteiger partial charge is 0.352 e. The number of anilines is 1. The summed E-state index contributed by atoms with van der Waals surface area (Å²) in [5.74, 6) is 0.719. The zero-order chi connectivity index (χ0) is 18.5. The van der Waals surface area contributed by atoms with Crippen LogP contribution in [0.4, 0.5) is 5.69 Å². The normalized spacial score (nSPS) is 13.0. The van der Waals surface area contributed by atoms with Crippen LogP contribution in [0.15, 0.2) is 53.4 Å². The van der Waals surface area contributed by atoms with E-state index < -0.39 is 0 Å². The minimum Gasteiger partial charge on any atom is -0.352 e. The molecule has 136 valence electrons. The average molecular weight is 369 g/mol. The highest BCUT2D eigenvalue weighted by Gasteiger charge is 2.24. The predicted octanol–water partition coefficient (Wildman–Crippen LogP) is 3.75. The van der Waals surface area contributed by atoms with E-state index in [4.69, 9.17) is 0 Å². The number of benzene rings is 2. The van der Waals surface area contributed by atoms with Crippen LogP contribution in [0.2, 0.25) is 0 Å². The molecule has 1 heterocycles. The smallest absolute Gasteiger partial charge is 0.252 e. The second kappa shape index (κ2) is 8.41. The molecule has 2 amide bonds. The van der Waals surface area contributed by atoms with E-state index in [2.05, 4.69) is 25.2 Å². The molecule has 0 atom stereocenters. The molecule has 1 N–H and O–H groups in total. The number of hydrogen-bond acceptors (Lipinski definition) is 3. The Hall–Kier alpha value is -2.27. The molecule has 4 nitrogen and oxygen atoms in total. The van der Waals surface area contributed by atoms with Crippen molar-refractivity contribution in [3.05, 3.63) is 59.7 Å². The molecule has 0 radical (unpaired) electrons. The zero-order valence-corrected chi connectivity index (χ0v) is 16.0.